The van der Waals surface area contributed by atoms with Crippen LogP contribution in [0.25, 0.3) is 10.4 Å². The third-order valence-corrected chi connectivity index (χ3v) is 6.41. The van der Waals surface area contributed by atoms with Gasteiger partial charge >= 0.3 is 0 Å². The van der Waals surface area contributed by atoms with Crippen LogP contribution in [0.1, 0.15) is 20.8 Å². The van der Waals surface area contributed by atoms with Crippen LogP contribution in [0, 0.1) is 12.7 Å². The summed E-state index contributed by atoms with van der Waals surface area (Å²) >= 11 is 1.36. The highest BCUT2D eigenvalue weighted by atomic mass is 32.2. The number of rotatable bonds is 6. The zero-order valence-corrected chi connectivity index (χ0v) is 16.7. The molecule has 5 nitrogen and oxygen atoms in total. The fourth-order valence-corrected chi connectivity index (χ4v) is 4.34. The maximum Gasteiger partial charge on any atom is 0.261 e. The molecule has 0 aliphatic heterocycles. The van der Waals surface area contributed by atoms with Gasteiger partial charge in [-0.3, -0.25) is 4.79 Å². The summed E-state index contributed by atoms with van der Waals surface area (Å²) in [6.07, 6.45) is 0.561. The Balaban J connectivity index is 1.61. The summed E-state index contributed by atoms with van der Waals surface area (Å²) < 4.78 is 35.6. The van der Waals surface area contributed by atoms with Gasteiger partial charge in [0.1, 0.15) is 5.82 Å². The van der Waals surface area contributed by atoms with E-state index >= 15 is 0 Å². The Hall–Kier alpha value is -2.55. The third-order valence-electron chi connectivity index (χ3n) is 4.20. The number of hydrogen-bond donors (Lipinski definition) is 2. The Labute approximate surface area is 167 Å². The Morgan fingerprint density at radius 1 is 1.11 bits per heavy atom. The predicted octanol–water partition coefficient (Wildman–Crippen LogP) is 3.48. The van der Waals surface area contributed by atoms with Crippen molar-refractivity contribution in [3.63, 3.8) is 0 Å². The minimum atomic E-state index is -3.71. The largest absolute Gasteiger partial charge is 0.351 e. The van der Waals surface area contributed by atoms with Crippen LogP contribution in [0.4, 0.5) is 4.39 Å². The fraction of sp³-hybridized carbons (Fsp3) is 0.150. The van der Waals surface area contributed by atoms with Crippen LogP contribution in [-0.2, 0) is 16.4 Å². The van der Waals surface area contributed by atoms with Gasteiger partial charge in [0.05, 0.1) is 9.77 Å². The van der Waals surface area contributed by atoms with Crippen molar-refractivity contribution in [1.82, 2.24) is 5.32 Å². The lowest BCUT2D eigenvalue weighted by atomic mass is 10.1. The van der Waals surface area contributed by atoms with Crippen LogP contribution < -0.4 is 10.5 Å². The molecule has 0 aliphatic rings. The zero-order chi connectivity index (χ0) is 20.3. The molecular formula is C20H19FN2O3S2. The van der Waals surface area contributed by atoms with Crippen molar-refractivity contribution in [2.24, 2.45) is 5.14 Å². The first kappa shape index (κ1) is 20.2. The highest BCUT2D eigenvalue weighted by Gasteiger charge is 2.14. The summed E-state index contributed by atoms with van der Waals surface area (Å²) in [6, 6.07) is 14.3. The Morgan fingerprint density at radius 2 is 1.75 bits per heavy atom. The van der Waals surface area contributed by atoms with Crippen LogP contribution in [0.15, 0.2) is 59.5 Å². The standard InChI is InChI=1S/C20H19FN2O3S2/c1-13-12-18(27-19(13)15-4-6-16(21)7-5-15)20(24)23-11-10-14-2-8-17(9-3-14)28(22,25)26/h2-9,12H,10-11H2,1H3,(H,23,24)(H2,22,25,26). The van der Waals surface area contributed by atoms with Gasteiger partial charge in [0.25, 0.3) is 5.91 Å². The number of aryl methyl sites for hydroxylation is 1. The smallest absolute Gasteiger partial charge is 0.261 e. The number of nitrogens with two attached hydrogens (primary N) is 1. The van der Waals surface area contributed by atoms with E-state index in [9.17, 15) is 17.6 Å². The van der Waals surface area contributed by atoms with Crippen molar-refractivity contribution in [2.45, 2.75) is 18.2 Å². The van der Waals surface area contributed by atoms with E-state index in [1.54, 1.807) is 24.3 Å². The van der Waals surface area contributed by atoms with Crippen molar-refractivity contribution >= 4 is 27.3 Å². The molecule has 0 saturated carbocycles. The van der Waals surface area contributed by atoms with E-state index in [0.717, 1.165) is 21.6 Å². The minimum Gasteiger partial charge on any atom is -0.351 e. The molecule has 146 valence electrons. The molecule has 0 unspecified atom stereocenters. The van der Waals surface area contributed by atoms with Crippen molar-refractivity contribution in [2.75, 3.05) is 6.54 Å². The van der Waals surface area contributed by atoms with E-state index in [0.29, 0.717) is 17.8 Å². The Morgan fingerprint density at radius 3 is 2.36 bits per heavy atom. The molecule has 3 N–H and O–H groups in total. The van der Waals surface area contributed by atoms with E-state index in [1.165, 1.54) is 35.6 Å². The average Bonchev–Trinajstić information content (AvgIpc) is 3.04. The molecule has 0 fully saturated rings. The SMILES string of the molecule is Cc1cc(C(=O)NCCc2ccc(S(N)(=O)=O)cc2)sc1-c1ccc(F)cc1. The van der Waals surface area contributed by atoms with E-state index in [4.69, 9.17) is 5.14 Å². The first-order valence-electron chi connectivity index (χ1n) is 8.50. The van der Waals surface area contributed by atoms with Crippen LogP contribution in [-0.4, -0.2) is 20.9 Å². The molecule has 8 heteroatoms. The normalized spacial score (nSPS) is 11.4. The molecule has 0 radical (unpaired) electrons. The summed E-state index contributed by atoms with van der Waals surface area (Å²) in [5.41, 5.74) is 2.72. The van der Waals surface area contributed by atoms with Crippen LogP contribution in [0.3, 0.4) is 0 Å². The van der Waals surface area contributed by atoms with Crippen molar-refractivity contribution in [1.29, 1.82) is 0 Å². The monoisotopic (exact) mass is 418 g/mol. The van der Waals surface area contributed by atoms with Gasteiger partial charge in [-0.2, -0.15) is 0 Å². The molecule has 28 heavy (non-hydrogen) atoms. The number of carbonyl (C=O) groups excluding carboxylic acids is 1. The summed E-state index contributed by atoms with van der Waals surface area (Å²) in [4.78, 5) is 14.0. The summed E-state index contributed by atoms with van der Waals surface area (Å²) in [7, 11) is -3.71. The molecule has 1 amide bonds. The van der Waals surface area contributed by atoms with Gasteiger partial charge in [-0.15, -0.1) is 11.3 Å². The number of sulfonamides is 1. The Kier molecular flexibility index (Phi) is 5.93. The number of carbonyl (C=O) groups is 1. The summed E-state index contributed by atoms with van der Waals surface area (Å²) in [5.74, 6) is -0.476. The number of hydrogen-bond acceptors (Lipinski definition) is 4. The van der Waals surface area contributed by atoms with Gasteiger partial charge < -0.3 is 5.32 Å². The molecule has 1 heterocycles. The maximum absolute atomic E-state index is 13.1. The van der Waals surface area contributed by atoms with Crippen LogP contribution >= 0.6 is 11.3 Å². The summed E-state index contributed by atoms with van der Waals surface area (Å²) in [5, 5.41) is 7.93. The van der Waals surface area contributed by atoms with Crippen molar-refractivity contribution in [3.05, 3.63) is 76.4 Å². The molecule has 0 atom stereocenters. The van der Waals surface area contributed by atoms with Gasteiger partial charge in [0.2, 0.25) is 10.0 Å². The Bertz CT molecular complexity index is 1090. The number of halogens is 1. The number of primary sulfonamides is 1. The molecule has 3 rings (SSSR count). The number of thiophene rings is 1. The second-order valence-corrected chi connectivity index (χ2v) is 8.94. The predicted molar refractivity (Wildman–Crippen MR) is 108 cm³/mol. The first-order chi connectivity index (χ1) is 13.2. The highest BCUT2D eigenvalue weighted by Crippen LogP contribution is 2.32. The van der Waals surface area contributed by atoms with Gasteiger partial charge in [-0.1, -0.05) is 24.3 Å². The van der Waals surface area contributed by atoms with E-state index in [1.807, 2.05) is 13.0 Å². The van der Waals surface area contributed by atoms with Gasteiger partial charge in [0, 0.05) is 11.4 Å². The molecule has 3 aromatic rings. The lowest BCUT2D eigenvalue weighted by molar-refractivity contribution is 0.0958. The van der Waals surface area contributed by atoms with Gasteiger partial charge in [-0.25, -0.2) is 17.9 Å². The maximum atomic E-state index is 13.1. The molecule has 0 saturated heterocycles. The van der Waals surface area contributed by atoms with Crippen LogP contribution in [0.5, 0.6) is 0 Å². The second-order valence-electron chi connectivity index (χ2n) is 6.32. The molecule has 0 aliphatic carbocycles. The summed E-state index contributed by atoms with van der Waals surface area (Å²) in [6.45, 7) is 2.33. The van der Waals surface area contributed by atoms with Gasteiger partial charge in [-0.05, 0) is 60.4 Å². The third kappa shape index (κ3) is 4.83. The van der Waals surface area contributed by atoms with Crippen LogP contribution in [0.2, 0.25) is 0 Å². The zero-order valence-electron chi connectivity index (χ0n) is 15.1. The van der Waals surface area contributed by atoms with Gasteiger partial charge in [0.15, 0.2) is 0 Å². The van der Waals surface area contributed by atoms with E-state index in [-0.39, 0.29) is 16.6 Å². The lowest BCUT2D eigenvalue weighted by Gasteiger charge is -2.05. The number of benzene rings is 2. The molecule has 0 bridgehead atoms. The topological polar surface area (TPSA) is 89.3 Å². The molecular weight excluding hydrogens is 399 g/mol. The quantitative estimate of drug-likeness (QED) is 0.642. The second kappa shape index (κ2) is 8.22. The van der Waals surface area contributed by atoms with E-state index in [2.05, 4.69) is 5.32 Å². The number of amides is 1. The minimum absolute atomic E-state index is 0.0580. The highest BCUT2D eigenvalue weighted by molar-refractivity contribution is 7.89. The molecule has 2 aromatic carbocycles. The molecule has 1 aromatic heterocycles. The first-order valence-corrected chi connectivity index (χ1v) is 10.9. The fourth-order valence-electron chi connectivity index (χ4n) is 2.74. The van der Waals surface area contributed by atoms with E-state index < -0.39 is 10.0 Å². The van der Waals surface area contributed by atoms with Crippen molar-refractivity contribution in [3.8, 4) is 10.4 Å². The lowest BCUT2D eigenvalue weighted by Crippen LogP contribution is -2.24. The number of nitrogens with one attached hydrogen (secondary N) is 1. The molecule has 0 spiro atoms. The van der Waals surface area contributed by atoms with Crippen molar-refractivity contribution < 1.29 is 17.6 Å². The average molecular weight is 419 g/mol.